The molecule has 1 amide bonds. The molecular weight excluding hydrogens is 392 g/mol. The normalized spacial score (nSPS) is 16.3. The van der Waals surface area contributed by atoms with E-state index in [0.717, 1.165) is 47.5 Å². The molecule has 1 aromatic heterocycles. The van der Waals surface area contributed by atoms with E-state index in [9.17, 15) is 9.59 Å². The summed E-state index contributed by atoms with van der Waals surface area (Å²) in [5, 5.41) is 0. The molecule has 1 unspecified atom stereocenters. The number of aromatic nitrogens is 1. The number of nitrogens with zero attached hydrogens (tertiary/aromatic N) is 2. The Balaban J connectivity index is 1.94. The van der Waals surface area contributed by atoms with E-state index in [1.165, 1.54) is 5.56 Å². The summed E-state index contributed by atoms with van der Waals surface area (Å²) in [5.41, 5.74) is 5.17. The predicted molar refractivity (Wildman–Crippen MR) is 121 cm³/mol. The zero-order valence-electron chi connectivity index (χ0n) is 19.4. The van der Waals surface area contributed by atoms with Gasteiger partial charge in [-0.05, 0) is 68.9 Å². The standard InChI is InChI=1S/C25H34N2O4/c1-6-22-17(3)23(24(28)26-13-9-11-20(16-26)25(29)31-7-2)27(18(22)4)15-19-10-8-12-21(14-19)30-5/h8,10,12,14,20H,6-7,9,11,13,15-16H2,1-5H3. The van der Waals surface area contributed by atoms with Crippen LogP contribution in [0.3, 0.4) is 0 Å². The van der Waals surface area contributed by atoms with Crippen LogP contribution in [0, 0.1) is 19.8 Å². The zero-order chi connectivity index (χ0) is 22.5. The third-order valence-electron chi connectivity index (χ3n) is 6.28. The Morgan fingerprint density at radius 1 is 1.19 bits per heavy atom. The summed E-state index contributed by atoms with van der Waals surface area (Å²) < 4.78 is 12.7. The third-order valence-corrected chi connectivity index (χ3v) is 6.28. The van der Waals surface area contributed by atoms with Gasteiger partial charge >= 0.3 is 5.97 Å². The van der Waals surface area contributed by atoms with Gasteiger partial charge in [-0.1, -0.05) is 19.1 Å². The van der Waals surface area contributed by atoms with E-state index >= 15 is 0 Å². The van der Waals surface area contributed by atoms with E-state index in [0.29, 0.717) is 26.2 Å². The summed E-state index contributed by atoms with van der Waals surface area (Å²) in [5.74, 6) is 0.355. The highest BCUT2D eigenvalue weighted by molar-refractivity contribution is 5.95. The van der Waals surface area contributed by atoms with E-state index in [1.807, 2.05) is 36.9 Å². The number of amides is 1. The minimum Gasteiger partial charge on any atom is -0.497 e. The first-order valence-corrected chi connectivity index (χ1v) is 11.2. The first-order chi connectivity index (χ1) is 14.9. The van der Waals surface area contributed by atoms with Crippen molar-refractivity contribution in [3.05, 3.63) is 52.3 Å². The van der Waals surface area contributed by atoms with Crippen LogP contribution in [0.15, 0.2) is 24.3 Å². The molecule has 1 aliphatic heterocycles. The second kappa shape index (κ2) is 10.0. The number of rotatable bonds is 7. The van der Waals surface area contributed by atoms with E-state index in [-0.39, 0.29) is 17.8 Å². The molecule has 0 spiro atoms. The Morgan fingerprint density at radius 3 is 2.65 bits per heavy atom. The fourth-order valence-corrected chi connectivity index (χ4v) is 4.66. The summed E-state index contributed by atoms with van der Waals surface area (Å²) >= 11 is 0. The first-order valence-electron chi connectivity index (χ1n) is 11.2. The molecule has 1 atom stereocenters. The van der Waals surface area contributed by atoms with E-state index in [1.54, 1.807) is 7.11 Å². The van der Waals surface area contributed by atoms with Crippen LogP contribution in [-0.4, -0.2) is 48.1 Å². The molecule has 1 saturated heterocycles. The largest absolute Gasteiger partial charge is 0.497 e. The van der Waals surface area contributed by atoms with Crippen LogP contribution in [0.5, 0.6) is 5.75 Å². The van der Waals surface area contributed by atoms with Crippen molar-refractivity contribution < 1.29 is 19.1 Å². The zero-order valence-corrected chi connectivity index (χ0v) is 19.4. The summed E-state index contributed by atoms with van der Waals surface area (Å²) in [6, 6.07) is 7.95. The smallest absolute Gasteiger partial charge is 0.310 e. The molecular formula is C25H34N2O4. The maximum atomic E-state index is 13.7. The lowest BCUT2D eigenvalue weighted by Gasteiger charge is -2.32. The Kier molecular flexibility index (Phi) is 7.42. The van der Waals surface area contributed by atoms with Gasteiger partial charge in [0, 0.05) is 25.3 Å². The van der Waals surface area contributed by atoms with Crippen molar-refractivity contribution in [2.45, 2.75) is 53.5 Å². The van der Waals surface area contributed by atoms with Crippen molar-refractivity contribution in [2.75, 3.05) is 26.8 Å². The van der Waals surface area contributed by atoms with Gasteiger partial charge in [0.05, 0.1) is 19.6 Å². The van der Waals surface area contributed by atoms with Gasteiger partial charge in [0.15, 0.2) is 0 Å². The lowest BCUT2D eigenvalue weighted by molar-refractivity contribution is -0.149. The maximum Gasteiger partial charge on any atom is 0.310 e. The van der Waals surface area contributed by atoms with Gasteiger partial charge in [0.2, 0.25) is 0 Å². The van der Waals surface area contributed by atoms with Crippen molar-refractivity contribution in [3.8, 4) is 5.75 Å². The lowest BCUT2D eigenvalue weighted by Crippen LogP contribution is -2.43. The molecule has 2 heterocycles. The Labute approximate surface area is 185 Å². The molecule has 1 aliphatic rings. The summed E-state index contributed by atoms with van der Waals surface area (Å²) in [4.78, 5) is 27.8. The lowest BCUT2D eigenvalue weighted by atomic mass is 9.97. The number of likely N-dealkylation sites (tertiary alicyclic amines) is 1. The van der Waals surface area contributed by atoms with Gasteiger partial charge in [0.25, 0.3) is 5.91 Å². The molecule has 3 rings (SSSR count). The van der Waals surface area contributed by atoms with Crippen molar-refractivity contribution >= 4 is 11.9 Å². The molecule has 1 fully saturated rings. The second-order valence-corrected chi connectivity index (χ2v) is 8.17. The average molecular weight is 427 g/mol. The number of ether oxygens (including phenoxy) is 2. The number of methoxy groups -OCH3 is 1. The van der Waals surface area contributed by atoms with Crippen molar-refractivity contribution in [3.63, 3.8) is 0 Å². The van der Waals surface area contributed by atoms with Crippen LogP contribution in [0.2, 0.25) is 0 Å². The molecule has 1 aromatic carbocycles. The predicted octanol–water partition coefficient (Wildman–Crippen LogP) is 4.14. The van der Waals surface area contributed by atoms with Crippen LogP contribution >= 0.6 is 0 Å². The molecule has 0 N–H and O–H groups in total. The van der Waals surface area contributed by atoms with Crippen molar-refractivity contribution in [1.29, 1.82) is 0 Å². The minimum absolute atomic E-state index is 0.00260. The monoisotopic (exact) mass is 426 g/mol. The minimum atomic E-state index is -0.244. The van der Waals surface area contributed by atoms with Gasteiger partial charge in [-0.15, -0.1) is 0 Å². The first kappa shape index (κ1) is 22.9. The van der Waals surface area contributed by atoms with E-state index in [2.05, 4.69) is 24.5 Å². The van der Waals surface area contributed by atoms with Gasteiger partial charge in [-0.3, -0.25) is 9.59 Å². The number of piperidine rings is 1. The van der Waals surface area contributed by atoms with Crippen molar-refractivity contribution in [2.24, 2.45) is 5.92 Å². The molecule has 2 aromatic rings. The quantitative estimate of drug-likeness (QED) is 0.625. The molecule has 31 heavy (non-hydrogen) atoms. The highest BCUT2D eigenvalue weighted by Crippen LogP contribution is 2.28. The van der Waals surface area contributed by atoms with Crippen LogP contribution in [0.4, 0.5) is 0 Å². The molecule has 6 heteroatoms. The summed E-state index contributed by atoms with van der Waals surface area (Å²) in [6.45, 7) is 10.1. The van der Waals surface area contributed by atoms with Gasteiger partial charge < -0.3 is 18.9 Å². The molecule has 168 valence electrons. The number of benzene rings is 1. The molecule has 0 bridgehead atoms. The number of hydrogen-bond donors (Lipinski definition) is 0. The maximum absolute atomic E-state index is 13.7. The third kappa shape index (κ3) is 4.78. The number of carbonyl (C=O) groups excluding carboxylic acids is 2. The summed E-state index contributed by atoms with van der Waals surface area (Å²) in [6.07, 6.45) is 2.45. The fraction of sp³-hybridized carbons (Fsp3) is 0.520. The number of carbonyl (C=O) groups is 2. The topological polar surface area (TPSA) is 60.8 Å². The Bertz CT molecular complexity index is 947. The van der Waals surface area contributed by atoms with Gasteiger partial charge in [-0.2, -0.15) is 0 Å². The van der Waals surface area contributed by atoms with E-state index in [4.69, 9.17) is 9.47 Å². The summed E-state index contributed by atoms with van der Waals surface area (Å²) in [7, 11) is 1.66. The molecule has 6 nitrogen and oxygen atoms in total. The highest BCUT2D eigenvalue weighted by atomic mass is 16.5. The highest BCUT2D eigenvalue weighted by Gasteiger charge is 2.32. The molecule has 0 saturated carbocycles. The van der Waals surface area contributed by atoms with Crippen molar-refractivity contribution in [1.82, 2.24) is 9.47 Å². The Morgan fingerprint density at radius 2 is 1.97 bits per heavy atom. The van der Waals surface area contributed by atoms with Crippen LogP contribution in [-0.2, 0) is 22.5 Å². The van der Waals surface area contributed by atoms with E-state index < -0.39 is 0 Å². The van der Waals surface area contributed by atoms with Crippen LogP contribution in [0.1, 0.15) is 59.6 Å². The number of hydrogen-bond acceptors (Lipinski definition) is 4. The second-order valence-electron chi connectivity index (χ2n) is 8.17. The van der Waals surface area contributed by atoms with Crippen LogP contribution in [0.25, 0.3) is 0 Å². The van der Waals surface area contributed by atoms with Crippen LogP contribution < -0.4 is 4.74 Å². The molecule has 0 radical (unpaired) electrons. The SMILES string of the molecule is CCOC(=O)C1CCCN(C(=O)c2c(C)c(CC)c(C)n2Cc2cccc(OC)c2)C1. The number of esters is 1. The fourth-order valence-electron chi connectivity index (χ4n) is 4.66. The van der Waals surface area contributed by atoms with Gasteiger partial charge in [-0.25, -0.2) is 0 Å². The Hall–Kier alpha value is -2.76. The van der Waals surface area contributed by atoms with Gasteiger partial charge in [0.1, 0.15) is 11.4 Å². The molecule has 0 aliphatic carbocycles. The average Bonchev–Trinajstić information content (AvgIpc) is 3.02.